The molecule has 8 nitrogen and oxygen atoms in total. The van der Waals surface area contributed by atoms with Crippen molar-refractivity contribution in [2.24, 2.45) is 5.92 Å². The number of aliphatic hydroxyl groups excluding tert-OH is 1. The monoisotopic (exact) mass is 306 g/mol. The molecule has 118 valence electrons. The van der Waals surface area contributed by atoms with Crippen molar-refractivity contribution < 1.29 is 14.8 Å². The molecule has 1 heterocycles. The van der Waals surface area contributed by atoms with E-state index in [1.165, 1.54) is 23.9 Å². The lowest BCUT2D eigenvalue weighted by Crippen LogP contribution is -2.08. The van der Waals surface area contributed by atoms with Crippen LogP contribution >= 0.6 is 0 Å². The number of hydrogen-bond donors (Lipinski definition) is 1. The number of benzene rings is 1. The number of aromatic nitrogens is 3. The molecule has 0 fully saturated rings. The highest BCUT2D eigenvalue weighted by molar-refractivity contribution is 5.53. The highest BCUT2D eigenvalue weighted by Gasteiger charge is 2.20. The van der Waals surface area contributed by atoms with Crippen LogP contribution in [0.2, 0.25) is 0 Å². The molecule has 0 amide bonds. The van der Waals surface area contributed by atoms with Gasteiger partial charge in [-0.25, -0.2) is 4.68 Å². The Morgan fingerprint density at radius 3 is 2.73 bits per heavy atom. The summed E-state index contributed by atoms with van der Waals surface area (Å²) in [5, 5.41) is 28.5. The van der Waals surface area contributed by atoms with Gasteiger partial charge in [0, 0.05) is 6.07 Å². The lowest BCUT2D eigenvalue weighted by molar-refractivity contribution is -0.385. The van der Waals surface area contributed by atoms with Gasteiger partial charge in [-0.2, -0.15) is 0 Å². The maximum absolute atomic E-state index is 11.1. The van der Waals surface area contributed by atoms with Gasteiger partial charge in [0.2, 0.25) is 0 Å². The van der Waals surface area contributed by atoms with Crippen molar-refractivity contribution in [2.45, 2.75) is 26.9 Å². The van der Waals surface area contributed by atoms with Crippen molar-refractivity contribution in [2.75, 3.05) is 7.11 Å². The topological polar surface area (TPSA) is 103 Å². The summed E-state index contributed by atoms with van der Waals surface area (Å²) in [6, 6.07) is 4.58. The van der Waals surface area contributed by atoms with E-state index in [0.717, 1.165) is 5.69 Å². The minimum absolute atomic E-state index is 0.142. The Morgan fingerprint density at radius 2 is 2.18 bits per heavy atom. The lowest BCUT2D eigenvalue weighted by atomic mass is 10.1. The quantitative estimate of drug-likeness (QED) is 0.645. The zero-order valence-corrected chi connectivity index (χ0v) is 12.7. The van der Waals surface area contributed by atoms with Gasteiger partial charge in [0.05, 0.1) is 30.0 Å². The molecule has 1 aromatic heterocycles. The second kappa shape index (κ2) is 6.52. The zero-order chi connectivity index (χ0) is 16.3. The fourth-order valence-electron chi connectivity index (χ4n) is 2.21. The van der Waals surface area contributed by atoms with Crippen LogP contribution in [-0.4, -0.2) is 32.1 Å². The van der Waals surface area contributed by atoms with E-state index >= 15 is 0 Å². The highest BCUT2D eigenvalue weighted by atomic mass is 16.6. The highest BCUT2D eigenvalue weighted by Crippen LogP contribution is 2.29. The number of nitro benzene ring substituents is 1. The molecule has 0 bridgehead atoms. The Balaban J connectivity index is 2.54. The Bertz CT molecular complexity index is 681. The van der Waals surface area contributed by atoms with E-state index in [2.05, 4.69) is 10.3 Å². The first-order valence-electron chi connectivity index (χ1n) is 6.85. The molecule has 0 spiro atoms. The van der Waals surface area contributed by atoms with E-state index in [1.54, 1.807) is 6.07 Å². The zero-order valence-electron chi connectivity index (χ0n) is 12.7. The molecule has 0 atom stereocenters. The predicted octanol–water partition coefficient (Wildman–Crippen LogP) is 1.87. The summed E-state index contributed by atoms with van der Waals surface area (Å²) < 4.78 is 6.52. The average Bonchev–Trinajstić information content (AvgIpc) is 2.88. The van der Waals surface area contributed by atoms with Crippen LogP contribution in [-0.2, 0) is 13.0 Å². The molecule has 1 N–H and O–H groups in total. The van der Waals surface area contributed by atoms with Crippen molar-refractivity contribution in [3.63, 3.8) is 0 Å². The fraction of sp³-hybridized carbons (Fsp3) is 0.429. The third-order valence-electron chi connectivity index (χ3n) is 3.20. The largest absolute Gasteiger partial charge is 0.490 e. The summed E-state index contributed by atoms with van der Waals surface area (Å²) >= 11 is 0. The number of methoxy groups -OCH3 is 1. The second-order valence-electron chi connectivity index (χ2n) is 5.26. The van der Waals surface area contributed by atoms with Crippen LogP contribution in [0.25, 0.3) is 5.69 Å². The molecule has 0 saturated heterocycles. The van der Waals surface area contributed by atoms with Crippen molar-refractivity contribution in [1.29, 1.82) is 0 Å². The number of nitrogens with zero attached hydrogens (tertiary/aromatic N) is 4. The minimum atomic E-state index is -0.506. The fourth-order valence-corrected chi connectivity index (χ4v) is 2.21. The molecule has 1 aromatic carbocycles. The van der Waals surface area contributed by atoms with Crippen LogP contribution in [0.15, 0.2) is 18.2 Å². The van der Waals surface area contributed by atoms with E-state index < -0.39 is 4.92 Å². The lowest BCUT2D eigenvalue weighted by Gasteiger charge is -2.10. The van der Waals surface area contributed by atoms with Gasteiger partial charge in [-0.1, -0.05) is 19.1 Å². The van der Waals surface area contributed by atoms with E-state index in [1.807, 2.05) is 13.8 Å². The summed E-state index contributed by atoms with van der Waals surface area (Å²) in [6.45, 7) is 3.85. The van der Waals surface area contributed by atoms with Crippen molar-refractivity contribution in [3.8, 4) is 11.4 Å². The standard InChI is InChI=1S/C14H18N4O4/c1-9(2)6-12-11(8-19)15-16-17(12)10-4-5-14(22-3)13(7-10)18(20)21/h4-5,7,9,19H,6,8H2,1-3H3. The van der Waals surface area contributed by atoms with E-state index in [0.29, 0.717) is 23.7 Å². The van der Waals surface area contributed by atoms with Crippen LogP contribution in [0.4, 0.5) is 5.69 Å². The Morgan fingerprint density at radius 1 is 1.45 bits per heavy atom. The van der Waals surface area contributed by atoms with Crippen molar-refractivity contribution >= 4 is 5.69 Å². The van der Waals surface area contributed by atoms with Gasteiger partial charge < -0.3 is 9.84 Å². The summed E-state index contributed by atoms with van der Waals surface area (Å²) in [4.78, 5) is 10.6. The predicted molar refractivity (Wildman–Crippen MR) is 79.0 cm³/mol. The molecule has 0 unspecified atom stereocenters. The van der Waals surface area contributed by atoms with Gasteiger partial charge in [0.1, 0.15) is 5.69 Å². The first-order valence-corrected chi connectivity index (χ1v) is 6.85. The van der Waals surface area contributed by atoms with E-state index in [4.69, 9.17) is 4.74 Å². The van der Waals surface area contributed by atoms with Gasteiger partial charge in [-0.3, -0.25) is 10.1 Å². The number of rotatable bonds is 6. The summed E-state index contributed by atoms with van der Waals surface area (Å²) in [6.07, 6.45) is 0.655. The minimum Gasteiger partial charge on any atom is -0.490 e. The van der Waals surface area contributed by atoms with E-state index in [-0.39, 0.29) is 18.0 Å². The summed E-state index contributed by atoms with van der Waals surface area (Å²) in [7, 11) is 1.38. The molecule has 22 heavy (non-hydrogen) atoms. The molecular formula is C14H18N4O4. The maximum atomic E-state index is 11.1. The summed E-state index contributed by atoms with van der Waals surface area (Å²) in [5.74, 6) is 0.512. The van der Waals surface area contributed by atoms with E-state index in [9.17, 15) is 15.2 Å². The molecule has 0 aliphatic heterocycles. The van der Waals surface area contributed by atoms with Crippen LogP contribution < -0.4 is 4.74 Å². The van der Waals surface area contributed by atoms with Crippen LogP contribution in [0.5, 0.6) is 5.75 Å². The Labute approximate surface area is 127 Å². The third kappa shape index (κ3) is 3.06. The SMILES string of the molecule is COc1ccc(-n2nnc(CO)c2CC(C)C)cc1[N+](=O)[O-]. The average molecular weight is 306 g/mol. The third-order valence-corrected chi connectivity index (χ3v) is 3.20. The van der Waals surface area contributed by atoms with Crippen molar-refractivity contribution in [1.82, 2.24) is 15.0 Å². The van der Waals surface area contributed by atoms with Gasteiger partial charge in [-0.15, -0.1) is 5.10 Å². The van der Waals surface area contributed by atoms with Crippen molar-refractivity contribution in [3.05, 3.63) is 39.7 Å². The molecule has 2 rings (SSSR count). The first kappa shape index (κ1) is 15.9. The number of ether oxygens (including phenoxy) is 1. The molecule has 0 aliphatic rings. The molecule has 0 radical (unpaired) electrons. The molecule has 0 aliphatic carbocycles. The normalized spacial score (nSPS) is 11.0. The van der Waals surface area contributed by atoms with Crippen LogP contribution in [0.1, 0.15) is 25.2 Å². The maximum Gasteiger partial charge on any atom is 0.313 e. The smallest absolute Gasteiger partial charge is 0.313 e. The Hall–Kier alpha value is -2.48. The molecule has 0 saturated carbocycles. The Kier molecular flexibility index (Phi) is 4.71. The van der Waals surface area contributed by atoms with Gasteiger partial charge >= 0.3 is 5.69 Å². The molecule has 2 aromatic rings. The van der Waals surface area contributed by atoms with Gasteiger partial charge in [0.25, 0.3) is 0 Å². The molecule has 8 heteroatoms. The number of nitro groups is 1. The van der Waals surface area contributed by atoms with Gasteiger partial charge in [-0.05, 0) is 24.5 Å². The van der Waals surface area contributed by atoms with Crippen LogP contribution in [0.3, 0.4) is 0 Å². The second-order valence-corrected chi connectivity index (χ2v) is 5.26. The summed E-state index contributed by atoms with van der Waals surface area (Å²) in [5.41, 5.74) is 1.59. The first-order chi connectivity index (χ1) is 10.5. The molecular weight excluding hydrogens is 288 g/mol. The number of aliphatic hydroxyl groups is 1. The number of hydrogen-bond acceptors (Lipinski definition) is 6. The van der Waals surface area contributed by atoms with Gasteiger partial charge in [0.15, 0.2) is 5.75 Å². The van der Waals surface area contributed by atoms with Crippen LogP contribution in [0, 0.1) is 16.0 Å².